The topological polar surface area (TPSA) is 47.0 Å². The fourth-order valence-corrected chi connectivity index (χ4v) is 1.76. The zero-order chi connectivity index (χ0) is 10.7. The van der Waals surface area contributed by atoms with Gasteiger partial charge in [0.15, 0.2) is 5.75 Å². The quantitative estimate of drug-likeness (QED) is 0.821. The Morgan fingerprint density at radius 3 is 2.53 bits per heavy atom. The first-order chi connectivity index (χ1) is 7.29. The third-order valence-corrected chi connectivity index (χ3v) is 3.08. The zero-order valence-electron chi connectivity index (χ0n) is 9.23. The number of nitrogens with zero attached hydrogens (tertiary/aromatic N) is 2. The van der Waals surface area contributed by atoms with E-state index in [4.69, 9.17) is 4.74 Å². The fourth-order valence-electron chi connectivity index (χ4n) is 1.76. The Hall–Kier alpha value is -1.32. The lowest BCUT2D eigenvalue weighted by molar-refractivity contribution is 0.284. The van der Waals surface area contributed by atoms with E-state index in [1.165, 1.54) is 19.3 Å². The van der Waals surface area contributed by atoms with E-state index in [1.54, 1.807) is 19.5 Å². The molecule has 1 saturated carbocycles. The maximum absolute atomic E-state index is 5.00. The van der Waals surface area contributed by atoms with Gasteiger partial charge in [0.25, 0.3) is 0 Å². The molecule has 0 aromatic carbocycles. The molecule has 1 N–H and O–H groups in total. The molecule has 0 bridgehead atoms. The number of methoxy groups -OCH3 is 1. The molecule has 0 radical (unpaired) electrons. The van der Waals surface area contributed by atoms with E-state index in [1.807, 2.05) is 0 Å². The molecule has 15 heavy (non-hydrogen) atoms. The van der Waals surface area contributed by atoms with Crippen LogP contribution in [0.1, 0.15) is 26.2 Å². The summed E-state index contributed by atoms with van der Waals surface area (Å²) in [5.41, 5.74) is 0. The maximum atomic E-state index is 5.00. The number of hydrogen-bond acceptors (Lipinski definition) is 4. The Kier molecular flexibility index (Phi) is 3.04. The summed E-state index contributed by atoms with van der Waals surface area (Å²) in [5, 5.41) is 3.32. The second kappa shape index (κ2) is 4.47. The lowest BCUT2D eigenvalue weighted by atomic mass is 9.80. The first-order valence-corrected chi connectivity index (χ1v) is 5.42. The van der Waals surface area contributed by atoms with Gasteiger partial charge < -0.3 is 10.1 Å². The van der Waals surface area contributed by atoms with Crippen molar-refractivity contribution in [2.75, 3.05) is 12.4 Å². The van der Waals surface area contributed by atoms with E-state index in [9.17, 15) is 0 Å². The van der Waals surface area contributed by atoms with Gasteiger partial charge in [-0.2, -0.15) is 0 Å². The van der Waals surface area contributed by atoms with E-state index >= 15 is 0 Å². The van der Waals surface area contributed by atoms with Crippen LogP contribution in [0.15, 0.2) is 12.4 Å². The van der Waals surface area contributed by atoms with Crippen molar-refractivity contribution in [1.29, 1.82) is 0 Å². The predicted octanol–water partition coefficient (Wildman–Crippen LogP) is 2.09. The van der Waals surface area contributed by atoms with Crippen molar-refractivity contribution >= 4 is 5.95 Å². The highest BCUT2D eigenvalue weighted by Crippen LogP contribution is 2.30. The summed E-state index contributed by atoms with van der Waals surface area (Å²) in [6.45, 7) is 2.19. The average molecular weight is 207 g/mol. The van der Waals surface area contributed by atoms with Gasteiger partial charge in [-0.05, 0) is 25.7 Å². The minimum Gasteiger partial charge on any atom is -0.494 e. The minimum absolute atomic E-state index is 0.465. The molecule has 1 atom stereocenters. The maximum Gasteiger partial charge on any atom is 0.223 e. The first-order valence-electron chi connectivity index (χ1n) is 5.42. The molecule has 4 nitrogen and oxygen atoms in total. The Balaban J connectivity index is 1.91. The molecule has 1 aromatic rings. The third-order valence-electron chi connectivity index (χ3n) is 3.08. The van der Waals surface area contributed by atoms with Crippen molar-refractivity contribution in [2.24, 2.45) is 5.92 Å². The third kappa shape index (κ3) is 2.37. The summed E-state index contributed by atoms with van der Waals surface area (Å²) in [6.07, 6.45) is 7.38. The molecule has 4 heteroatoms. The monoisotopic (exact) mass is 207 g/mol. The van der Waals surface area contributed by atoms with Gasteiger partial charge in [0.1, 0.15) is 0 Å². The number of anilines is 1. The van der Waals surface area contributed by atoms with Crippen LogP contribution in [0, 0.1) is 5.92 Å². The molecular formula is C11H17N3O. The molecule has 1 aliphatic carbocycles. The van der Waals surface area contributed by atoms with E-state index in [0.29, 0.717) is 17.7 Å². The number of hydrogen-bond donors (Lipinski definition) is 1. The van der Waals surface area contributed by atoms with Crippen molar-refractivity contribution < 1.29 is 4.74 Å². The minimum atomic E-state index is 0.465. The standard InChI is InChI=1S/C11H17N3O/c1-8(9-4-3-5-9)14-11-12-6-10(15-2)7-13-11/h6-9H,3-5H2,1-2H3,(H,12,13,14). The summed E-state index contributed by atoms with van der Waals surface area (Å²) < 4.78 is 5.00. The number of nitrogens with one attached hydrogen (secondary N) is 1. The van der Waals surface area contributed by atoms with Gasteiger partial charge in [0, 0.05) is 6.04 Å². The lowest BCUT2D eigenvalue weighted by Crippen LogP contribution is -2.31. The number of aromatic nitrogens is 2. The summed E-state index contributed by atoms with van der Waals surface area (Å²) in [7, 11) is 1.61. The molecule has 0 spiro atoms. The van der Waals surface area contributed by atoms with Gasteiger partial charge in [-0.25, -0.2) is 9.97 Å². The van der Waals surface area contributed by atoms with Gasteiger partial charge in [-0.15, -0.1) is 0 Å². The summed E-state index contributed by atoms with van der Waals surface area (Å²) >= 11 is 0. The average Bonchev–Trinajstić information content (AvgIpc) is 2.16. The van der Waals surface area contributed by atoms with Crippen LogP contribution in [0.5, 0.6) is 5.75 Å². The molecule has 0 aliphatic heterocycles. The van der Waals surface area contributed by atoms with E-state index in [-0.39, 0.29) is 0 Å². The molecule has 82 valence electrons. The summed E-state index contributed by atoms with van der Waals surface area (Å²) in [6, 6.07) is 0.465. The van der Waals surface area contributed by atoms with Crippen LogP contribution in [-0.4, -0.2) is 23.1 Å². The predicted molar refractivity (Wildman–Crippen MR) is 59.0 cm³/mol. The molecule has 1 fully saturated rings. The van der Waals surface area contributed by atoms with Gasteiger partial charge in [0.2, 0.25) is 5.95 Å². The van der Waals surface area contributed by atoms with Crippen molar-refractivity contribution in [3.63, 3.8) is 0 Å². The molecule has 0 amide bonds. The Morgan fingerprint density at radius 2 is 2.07 bits per heavy atom. The fraction of sp³-hybridized carbons (Fsp3) is 0.636. The Morgan fingerprint density at radius 1 is 1.40 bits per heavy atom. The molecule has 1 unspecified atom stereocenters. The van der Waals surface area contributed by atoms with Gasteiger partial charge in [-0.1, -0.05) is 6.42 Å². The highest BCUT2D eigenvalue weighted by atomic mass is 16.5. The summed E-state index contributed by atoms with van der Waals surface area (Å²) in [4.78, 5) is 8.37. The molecular weight excluding hydrogens is 190 g/mol. The zero-order valence-corrected chi connectivity index (χ0v) is 9.23. The normalized spacial score (nSPS) is 18.0. The van der Waals surface area contributed by atoms with Gasteiger partial charge >= 0.3 is 0 Å². The highest BCUT2D eigenvalue weighted by molar-refractivity contribution is 5.28. The molecule has 2 rings (SSSR count). The second-order valence-electron chi connectivity index (χ2n) is 4.07. The molecule has 0 saturated heterocycles. The SMILES string of the molecule is COc1cnc(NC(C)C2CCC2)nc1. The molecule has 1 aliphatic rings. The van der Waals surface area contributed by atoms with Crippen LogP contribution >= 0.6 is 0 Å². The van der Waals surface area contributed by atoms with Crippen LogP contribution in [0.4, 0.5) is 5.95 Å². The summed E-state index contributed by atoms with van der Waals surface area (Å²) in [5.74, 6) is 2.17. The number of ether oxygens (including phenoxy) is 1. The highest BCUT2D eigenvalue weighted by Gasteiger charge is 2.24. The Bertz CT molecular complexity index is 308. The van der Waals surface area contributed by atoms with Gasteiger partial charge in [-0.3, -0.25) is 0 Å². The van der Waals surface area contributed by atoms with Crippen molar-refractivity contribution in [3.8, 4) is 5.75 Å². The van der Waals surface area contributed by atoms with Crippen LogP contribution in [0.3, 0.4) is 0 Å². The number of rotatable bonds is 4. The van der Waals surface area contributed by atoms with Crippen LogP contribution in [-0.2, 0) is 0 Å². The van der Waals surface area contributed by atoms with Crippen LogP contribution < -0.4 is 10.1 Å². The second-order valence-corrected chi connectivity index (χ2v) is 4.07. The first kappa shape index (κ1) is 10.2. The largest absolute Gasteiger partial charge is 0.494 e. The molecule has 1 aromatic heterocycles. The van der Waals surface area contributed by atoms with E-state index < -0.39 is 0 Å². The van der Waals surface area contributed by atoms with Crippen molar-refractivity contribution in [2.45, 2.75) is 32.2 Å². The van der Waals surface area contributed by atoms with Gasteiger partial charge in [0.05, 0.1) is 19.5 Å². The van der Waals surface area contributed by atoms with E-state index in [2.05, 4.69) is 22.2 Å². The van der Waals surface area contributed by atoms with Crippen molar-refractivity contribution in [3.05, 3.63) is 12.4 Å². The smallest absolute Gasteiger partial charge is 0.223 e. The van der Waals surface area contributed by atoms with Crippen molar-refractivity contribution in [1.82, 2.24) is 9.97 Å². The lowest BCUT2D eigenvalue weighted by Gasteiger charge is -2.31. The van der Waals surface area contributed by atoms with Crippen LogP contribution in [0.25, 0.3) is 0 Å². The van der Waals surface area contributed by atoms with E-state index in [0.717, 1.165) is 5.92 Å². The van der Waals surface area contributed by atoms with Crippen LogP contribution in [0.2, 0.25) is 0 Å². The Labute approximate surface area is 90.1 Å². The molecule has 1 heterocycles.